The number of carbonyl (C=O) groups is 1. The second-order valence-corrected chi connectivity index (χ2v) is 14.7. The van der Waals surface area contributed by atoms with Gasteiger partial charge >= 0.3 is 5.97 Å². The van der Waals surface area contributed by atoms with Crippen molar-refractivity contribution < 1.29 is 20.1 Å². The molecule has 8 heteroatoms. The summed E-state index contributed by atoms with van der Waals surface area (Å²) in [7, 11) is 0. The highest BCUT2D eigenvalue weighted by atomic mass is 16.4. The summed E-state index contributed by atoms with van der Waals surface area (Å²) in [5.74, 6) is -0.971. The lowest BCUT2D eigenvalue weighted by Gasteiger charge is -2.13. The van der Waals surface area contributed by atoms with Crippen LogP contribution in [-0.2, 0) is 19.3 Å². The van der Waals surface area contributed by atoms with Gasteiger partial charge in [0.2, 0.25) is 0 Å². The third-order valence-corrected chi connectivity index (χ3v) is 10.8. The molecule has 0 saturated heterocycles. The molecule has 0 radical (unpaired) electrons. The van der Waals surface area contributed by atoms with Crippen molar-refractivity contribution in [1.29, 1.82) is 0 Å². The molecule has 53 heavy (non-hydrogen) atoms. The van der Waals surface area contributed by atoms with Crippen molar-refractivity contribution in [1.82, 2.24) is 19.9 Å². The van der Waals surface area contributed by atoms with E-state index in [0.717, 1.165) is 145 Å². The van der Waals surface area contributed by atoms with Gasteiger partial charge in [0.1, 0.15) is 12.2 Å². The molecule has 0 spiro atoms. The van der Waals surface area contributed by atoms with Gasteiger partial charge in [-0.2, -0.15) is 0 Å². The van der Waals surface area contributed by atoms with Gasteiger partial charge in [0.25, 0.3) is 0 Å². The van der Waals surface area contributed by atoms with Crippen LogP contribution in [0.2, 0.25) is 0 Å². The van der Waals surface area contributed by atoms with E-state index in [4.69, 9.17) is 9.97 Å². The fraction of sp³-hybridized carbons (Fsp3) is 0.444. The number of aromatic nitrogens is 4. The Bertz CT molecular complexity index is 2070. The summed E-state index contributed by atoms with van der Waals surface area (Å²) in [6.45, 7) is 6.62. The van der Waals surface area contributed by atoms with Crippen LogP contribution in [0.25, 0.3) is 45.3 Å². The van der Waals surface area contributed by atoms with Crippen molar-refractivity contribution in [3.8, 4) is 11.1 Å². The smallest absolute Gasteiger partial charge is 0.335 e. The third-order valence-electron chi connectivity index (χ3n) is 10.8. The van der Waals surface area contributed by atoms with Gasteiger partial charge in [-0.25, -0.2) is 9.78 Å². The molecular formula is C45H56N4O4. The topological polar surface area (TPSA) is 135 Å². The zero-order chi connectivity index (χ0) is 37.3. The minimum absolute atomic E-state index is 0.221. The lowest BCUT2D eigenvalue weighted by Crippen LogP contribution is -2.07. The van der Waals surface area contributed by atoms with Crippen molar-refractivity contribution in [2.24, 2.45) is 0 Å². The normalized spacial score (nSPS) is 15.3. The number of H-pyrrole nitrogens is 2. The molecule has 5 N–H and O–H groups in total. The standard InChI is InChI=1S/C45H56N4O4/c1-4-7-10-13-16-31-34-23-24-36(46-34)32(17-14-11-8-5-2)41-43(50)44(51)42(49-41)33(18-15-12-9-6-3)37-26-28-39(48-37)40(38-27-25-35(31)47-38)29-19-21-30(22-20-29)45(52)53/h19-28,43-44,46,48,50-51H,4-18H2,1-3H3,(H,52,53)/t43-,44+/m1/s1. The number of aliphatic hydroxyl groups is 2. The van der Waals surface area contributed by atoms with Gasteiger partial charge in [0.15, 0.2) is 0 Å². The monoisotopic (exact) mass is 716 g/mol. The molecule has 2 atom stereocenters. The Morgan fingerprint density at radius 2 is 1.02 bits per heavy atom. The van der Waals surface area contributed by atoms with Crippen molar-refractivity contribution in [3.05, 3.63) is 93.6 Å². The molecule has 8 bridgehead atoms. The van der Waals surface area contributed by atoms with Crippen LogP contribution in [0.15, 0.2) is 48.5 Å². The highest BCUT2D eigenvalue weighted by molar-refractivity contribution is 5.93. The zero-order valence-corrected chi connectivity index (χ0v) is 31.7. The first kappa shape index (κ1) is 38.2. The Balaban J connectivity index is 1.68. The number of fused-ring (bicyclic) bond motifs is 8. The lowest BCUT2D eigenvalue weighted by molar-refractivity contribution is 0.0245. The van der Waals surface area contributed by atoms with E-state index in [1.165, 1.54) is 6.42 Å². The first-order valence-corrected chi connectivity index (χ1v) is 20.0. The van der Waals surface area contributed by atoms with Crippen molar-refractivity contribution in [2.75, 3.05) is 0 Å². The molecule has 1 aromatic carbocycles. The van der Waals surface area contributed by atoms with Gasteiger partial charge in [0, 0.05) is 33.2 Å². The van der Waals surface area contributed by atoms with Crippen LogP contribution >= 0.6 is 0 Å². The molecule has 3 aromatic heterocycles. The molecular weight excluding hydrogens is 661 g/mol. The van der Waals surface area contributed by atoms with E-state index >= 15 is 0 Å². The summed E-state index contributed by atoms with van der Waals surface area (Å²) >= 11 is 0. The molecule has 4 aromatic rings. The number of nitrogens with one attached hydrogen (secondary N) is 2. The number of hydrogen-bond acceptors (Lipinski definition) is 5. The molecule has 2 aliphatic rings. The molecule has 0 aliphatic carbocycles. The van der Waals surface area contributed by atoms with Crippen LogP contribution < -0.4 is 0 Å². The number of unbranched alkanes of at least 4 members (excludes halogenated alkanes) is 9. The van der Waals surface area contributed by atoms with Crippen LogP contribution in [0.5, 0.6) is 0 Å². The summed E-state index contributed by atoms with van der Waals surface area (Å²) in [4.78, 5) is 29.6. The Morgan fingerprint density at radius 3 is 1.53 bits per heavy atom. The number of aromatic carboxylic acids is 1. The van der Waals surface area contributed by atoms with E-state index in [-0.39, 0.29) is 5.56 Å². The summed E-state index contributed by atoms with van der Waals surface area (Å²) in [5, 5.41) is 33.2. The van der Waals surface area contributed by atoms with Gasteiger partial charge in [-0.05, 0) is 104 Å². The van der Waals surface area contributed by atoms with Gasteiger partial charge < -0.3 is 25.3 Å². The molecule has 0 saturated carbocycles. The molecule has 0 fully saturated rings. The first-order valence-electron chi connectivity index (χ1n) is 20.0. The molecule has 280 valence electrons. The Morgan fingerprint density at radius 1 is 0.566 bits per heavy atom. The number of aryl methyl sites for hydroxylation is 3. The number of hydrogen-bond donors (Lipinski definition) is 5. The fourth-order valence-electron chi connectivity index (χ4n) is 7.80. The maximum Gasteiger partial charge on any atom is 0.335 e. The van der Waals surface area contributed by atoms with Gasteiger partial charge in [0.05, 0.1) is 28.3 Å². The predicted octanol–water partition coefficient (Wildman–Crippen LogP) is 11.0. The number of aromatic amines is 2. The minimum atomic E-state index is -1.15. The SMILES string of the molecule is CCCCCCc1c2nc(c(-c3ccc(C(=O)O)cc3)c3ccc([nH]3)c(CCCCCC)c3nc(c(CCCCCC)c4ccc1[nH]4)[C@@H](O)[C@H]3O)C=C2. The second-order valence-electron chi connectivity index (χ2n) is 14.7. The predicted molar refractivity (Wildman–Crippen MR) is 216 cm³/mol. The number of carboxylic acid groups (broad SMARTS) is 1. The van der Waals surface area contributed by atoms with Gasteiger partial charge in [-0.15, -0.1) is 0 Å². The summed E-state index contributed by atoms with van der Waals surface area (Å²) in [6.07, 6.45) is 17.2. The largest absolute Gasteiger partial charge is 0.478 e. The molecule has 6 rings (SSSR count). The van der Waals surface area contributed by atoms with E-state index in [9.17, 15) is 20.1 Å². The van der Waals surface area contributed by atoms with Crippen molar-refractivity contribution in [3.63, 3.8) is 0 Å². The van der Waals surface area contributed by atoms with E-state index < -0.39 is 18.2 Å². The Hall–Kier alpha value is -4.53. The van der Waals surface area contributed by atoms with E-state index in [0.29, 0.717) is 17.8 Å². The maximum absolute atomic E-state index is 11.8. The van der Waals surface area contributed by atoms with Gasteiger partial charge in [-0.1, -0.05) is 90.7 Å². The number of nitrogens with zero attached hydrogens (tertiary/aromatic N) is 2. The Labute approximate surface area is 313 Å². The quantitative estimate of drug-likeness (QED) is 0.0608. The van der Waals surface area contributed by atoms with Crippen LogP contribution in [0.4, 0.5) is 0 Å². The lowest BCUT2D eigenvalue weighted by atomic mass is 9.98. The number of aliphatic hydroxyl groups excluding tert-OH is 2. The van der Waals surface area contributed by atoms with Crippen molar-refractivity contribution >= 4 is 40.2 Å². The Kier molecular flexibility index (Phi) is 13.0. The van der Waals surface area contributed by atoms with Crippen LogP contribution in [0.1, 0.15) is 160 Å². The number of benzene rings is 1. The average Bonchev–Trinajstić information content (AvgIpc) is 3.99. The molecule has 0 amide bonds. The molecule has 5 heterocycles. The molecule has 2 aliphatic heterocycles. The van der Waals surface area contributed by atoms with E-state index in [1.54, 1.807) is 12.1 Å². The second kappa shape index (κ2) is 18.0. The maximum atomic E-state index is 11.8. The highest BCUT2D eigenvalue weighted by Gasteiger charge is 2.33. The van der Waals surface area contributed by atoms with Gasteiger partial charge in [-0.3, -0.25) is 4.98 Å². The highest BCUT2D eigenvalue weighted by Crippen LogP contribution is 2.39. The van der Waals surface area contributed by atoms with Crippen LogP contribution in [-0.4, -0.2) is 41.2 Å². The van der Waals surface area contributed by atoms with Crippen LogP contribution in [0.3, 0.4) is 0 Å². The first-order chi connectivity index (χ1) is 25.8. The average molecular weight is 717 g/mol. The molecule has 8 nitrogen and oxygen atoms in total. The summed E-state index contributed by atoms with van der Waals surface area (Å²) < 4.78 is 0. The fourth-order valence-corrected chi connectivity index (χ4v) is 7.80. The number of rotatable bonds is 17. The van der Waals surface area contributed by atoms with Crippen LogP contribution in [0, 0.1) is 0 Å². The van der Waals surface area contributed by atoms with E-state index in [2.05, 4.69) is 55.0 Å². The zero-order valence-electron chi connectivity index (χ0n) is 31.7. The summed E-state index contributed by atoms with van der Waals surface area (Å²) in [5.41, 5.74) is 11.3. The number of carboxylic acids is 1. The third kappa shape index (κ3) is 8.66. The minimum Gasteiger partial charge on any atom is -0.478 e. The summed E-state index contributed by atoms with van der Waals surface area (Å²) in [6, 6.07) is 15.3. The van der Waals surface area contributed by atoms with E-state index in [1.807, 2.05) is 24.3 Å². The van der Waals surface area contributed by atoms with Crippen molar-refractivity contribution in [2.45, 2.75) is 129 Å². The molecule has 0 unspecified atom stereocenters.